The smallest absolute Gasteiger partial charge is 0.293 e. The van der Waals surface area contributed by atoms with Gasteiger partial charge in [0.05, 0.1) is 12.0 Å². The van der Waals surface area contributed by atoms with E-state index < -0.39 is 0 Å². The fraction of sp³-hybridized carbons (Fsp3) is 0.200. The third kappa shape index (κ3) is 5.27. The number of hydrogen-bond donors (Lipinski definition) is 0. The number of carbonyl (C=O) groups is 2. The van der Waals surface area contributed by atoms with E-state index in [1.807, 2.05) is 37.3 Å². The largest absolute Gasteiger partial charge is 0.493 e. The Morgan fingerprint density at radius 2 is 1.84 bits per heavy atom. The quantitative estimate of drug-likeness (QED) is 0.383. The lowest BCUT2D eigenvalue weighted by Crippen LogP contribution is -2.27. The van der Waals surface area contributed by atoms with Crippen LogP contribution in [0.2, 0.25) is 0 Å². The number of aryl methyl sites for hydroxylation is 1. The molecule has 0 aliphatic carbocycles. The average Bonchev–Trinajstić information content (AvgIpc) is 3.01. The highest BCUT2D eigenvalue weighted by molar-refractivity contribution is 8.18. The number of rotatable bonds is 9. The summed E-state index contributed by atoms with van der Waals surface area (Å²) in [5.41, 5.74) is 3.88. The monoisotopic (exact) mass is 435 g/mol. The molecule has 6 heteroatoms. The van der Waals surface area contributed by atoms with E-state index in [9.17, 15) is 9.59 Å². The van der Waals surface area contributed by atoms with Crippen molar-refractivity contribution in [1.29, 1.82) is 0 Å². The third-order valence-electron chi connectivity index (χ3n) is 4.73. The van der Waals surface area contributed by atoms with Crippen LogP contribution < -0.4 is 9.47 Å². The van der Waals surface area contributed by atoms with E-state index in [4.69, 9.17) is 9.47 Å². The van der Waals surface area contributed by atoms with Gasteiger partial charge in [0.2, 0.25) is 0 Å². The van der Waals surface area contributed by atoms with Crippen LogP contribution in [0.4, 0.5) is 4.79 Å². The van der Waals surface area contributed by atoms with E-state index in [-0.39, 0.29) is 17.7 Å². The zero-order valence-electron chi connectivity index (χ0n) is 17.7. The van der Waals surface area contributed by atoms with Gasteiger partial charge in [-0.2, -0.15) is 0 Å². The summed E-state index contributed by atoms with van der Waals surface area (Å²) in [6.45, 7) is 10.1. The van der Waals surface area contributed by atoms with Crippen LogP contribution >= 0.6 is 11.8 Å². The van der Waals surface area contributed by atoms with Crippen molar-refractivity contribution in [3.8, 4) is 11.5 Å². The second kappa shape index (κ2) is 10.2. The van der Waals surface area contributed by atoms with E-state index >= 15 is 0 Å². The lowest BCUT2D eigenvalue weighted by Gasteiger charge is -2.16. The van der Waals surface area contributed by atoms with Crippen molar-refractivity contribution in [3.05, 3.63) is 88.9 Å². The van der Waals surface area contributed by atoms with Crippen molar-refractivity contribution in [2.24, 2.45) is 0 Å². The summed E-state index contributed by atoms with van der Waals surface area (Å²) in [6.07, 6.45) is 5.59. The number of ether oxygens (including phenoxy) is 2. The van der Waals surface area contributed by atoms with Crippen molar-refractivity contribution in [3.63, 3.8) is 0 Å². The molecule has 160 valence electrons. The molecule has 31 heavy (non-hydrogen) atoms. The topological polar surface area (TPSA) is 55.8 Å². The Morgan fingerprint density at radius 3 is 2.48 bits per heavy atom. The molecule has 0 radical (unpaired) electrons. The maximum atomic E-state index is 12.5. The first kappa shape index (κ1) is 22.4. The molecule has 2 aromatic rings. The summed E-state index contributed by atoms with van der Waals surface area (Å²) in [4.78, 5) is 26.1. The first-order valence-electron chi connectivity index (χ1n) is 9.83. The summed E-state index contributed by atoms with van der Waals surface area (Å²) >= 11 is 0.921. The van der Waals surface area contributed by atoms with Gasteiger partial charge in [0.25, 0.3) is 11.1 Å². The van der Waals surface area contributed by atoms with Gasteiger partial charge in [-0.1, -0.05) is 42.0 Å². The molecule has 5 nitrogen and oxygen atoms in total. The molecule has 0 spiro atoms. The zero-order chi connectivity index (χ0) is 22.4. The molecular weight excluding hydrogens is 410 g/mol. The Hall–Kier alpha value is -3.25. The van der Waals surface area contributed by atoms with Gasteiger partial charge in [0, 0.05) is 12.1 Å². The highest BCUT2D eigenvalue weighted by atomic mass is 32.2. The number of benzene rings is 2. The Morgan fingerprint density at radius 1 is 1.10 bits per heavy atom. The van der Waals surface area contributed by atoms with E-state index in [1.165, 1.54) is 16.5 Å². The number of amides is 2. The molecule has 1 aliphatic heterocycles. The van der Waals surface area contributed by atoms with Gasteiger partial charge in [0.1, 0.15) is 6.61 Å². The number of methoxy groups -OCH3 is 1. The van der Waals surface area contributed by atoms with Crippen molar-refractivity contribution in [1.82, 2.24) is 4.90 Å². The molecular formula is C25H25NO4S. The SMILES string of the molecule is C=CCc1cc(/C=C2/SC(=O)N(CC=C)C2=O)cc(OC)c1OCc1ccc(C)cc1. The standard InChI is InChI=1S/C25H25NO4S/c1-5-7-20-13-19(15-22-24(27)26(12-6-2)25(28)31-22)14-21(29-4)23(20)30-16-18-10-8-17(3)9-11-18/h5-6,8-11,13-15H,1-2,7,12,16H2,3-4H3/b22-15+. The molecule has 2 amide bonds. The fourth-order valence-corrected chi connectivity index (χ4v) is 4.02. The summed E-state index contributed by atoms with van der Waals surface area (Å²) in [5.74, 6) is 0.877. The minimum absolute atomic E-state index is 0.193. The highest BCUT2D eigenvalue weighted by Gasteiger charge is 2.34. The molecule has 0 saturated carbocycles. The Labute approximate surface area is 187 Å². The zero-order valence-corrected chi connectivity index (χ0v) is 18.5. The van der Waals surface area contributed by atoms with Crippen LogP contribution in [0.25, 0.3) is 6.08 Å². The second-order valence-electron chi connectivity index (χ2n) is 7.06. The lowest BCUT2D eigenvalue weighted by atomic mass is 10.0. The lowest BCUT2D eigenvalue weighted by molar-refractivity contribution is -0.122. The Kier molecular flexibility index (Phi) is 7.36. The number of thioether (sulfide) groups is 1. The van der Waals surface area contributed by atoms with Crippen LogP contribution in [0, 0.1) is 6.92 Å². The summed E-state index contributed by atoms with van der Waals surface area (Å²) < 4.78 is 11.7. The minimum Gasteiger partial charge on any atom is -0.493 e. The van der Waals surface area contributed by atoms with Crippen LogP contribution in [-0.4, -0.2) is 29.7 Å². The summed E-state index contributed by atoms with van der Waals surface area (Å²) in [7, 11) is 1.58. The molecule has 0 atom stereocenters. The van der Waals surface area contributed by atoms with Crippen molar-refractivity contribution in [2.45, 2.75) is 20.0 Å². The van der Waals surface area contributed by atoms with Gasteiger partial charge in [-0.05, 0) is 54.4 Å². The van der Waals surface area contributed by atoms with Crippen molar-refractivity contribution < 1.29 is 19.1 Å². The maximum absolute atomic E-state index is 12.5. The van der Waals surface area contributed by atoms with Crippen LogP contribution in [0.3, 0.4) is 0 Å². The van der Waals surface area contributed by atoms with Gasteiger partial charge >= 0.3 is 0 Å². The first-order valence-corrected chi connectivity index (χ1v) is 10.6. The summed E-state index contributed by atoms with van der Waals surface area (Å²) in [6, 6.07) is 11.9. The van der Waals surface area contributed by atoms with Gasteiger partial charge in [-0.15, -0.1) is 13.2 Å². The number of carbonyl (C=O) groups excluding carboxylic acids is 2. The summed E-state index contributed by atoms with van der Waals surface area (Å²) in [5, 5.41) is -0.299. The number of imide groups is 1. The van der Waals surface area contributed by atoms with Crippen LogP contribution in [0.5, 0.6) is 11.5 Å². The third-order valence-corrected chi connectivity index (χ3v) is 5.63. The van der Waals surface area contributed by atoms with Crippen molar-refractivity contribution in [2.75, 3.05) is 13.7 Å². The van der Waals surface area contributed by atoms with Crippen LogP contribution in [0.1, 0.15) is 22.3 Å². The Bertz CT molecular complexity index is 1040. The fourth-order valence-electron chi connectivity index (χ4n) is 3.17. The molecule has 1 fully saturated rings. The second-order valence-corrected chi connectivity index (χ2v) is 8.05. The van der Waals surface area contributed by atoms with Crippen molar-refractivity contribution >= 4 is 29.0 Å². The van der Waals surface area contributed by atoms with Crippen LogP contribution in [-0.2, 0) is 17.8 Å². The van der Waals surface area contributed by atoms with E-state index in [2.05, 4.69) is 13.2 Å². The highest BCUT2D eigenvalue weighted by Crippen LogP contribution is 2.37. The predicted octanol–water partition coefficient (Wildman–Crippen LogP) is 5.53. The molecule has 0 aromatic heterocycles. The van der Waals surface area contributed by atoms with Gasteiger partial charge in [0.15, 0.2) is 11.5 Å². The van der Waals surface area contributed by atoms with E-state index in [0.29, 0.717) is 29.4 Å². The number of allylic oxidation sites excluding steroid dienone is 1. The van der Waals surface area contributed by atoms with Gasteiger partial charge < -0.3 is 9.47 Å². The molecule has 2 aromatic carbocycles. The Balaban J connectivity index is 1.91. The average molecular weight is 436 g/mol. The normalized spacial score (nSPS) is 14.8. The molecule has 3 rings (SSSR count). The van der Waals surface area contributed by atoms with Crippen LogP contribution in [0.15, 0.2) is 66.6 Å². The molecule has 1 aliphatic rings. The predicted molar refractivity (Wildman–Crippen MR) is 125 cm³/mol. The molecule has 1 saturated heterocycles. The molecule has 0 bridgehead atoms. The van der Waals surface area contributed by atoms with Gasteiger partial charge in [-0.25, -0.2) is 0 Å². The number of nitrogens with zero attached hydrogens (tertiary/aromatic N) is 1. The minimum atomic E-state index is -0.321. The first-order chi connectivity index (χ1) is 15.0. The molecule has 1 heterocycles. The molecule has 0 N–H and O–H groups in total. The van der Waals surface area contributed by atoms with E-state index in [0.717, 1.165) is 28.5 Å². The molecule has 0 unspecified atom stereocenters. The van der Waals surface area contributed by atoms with Gasteiger partial charge in [-0.3, -0.25) is 14.5 Å². The maximum Gasteiger partial charge on any atom is 0.293 e. The van der Waals surface area contributed by atoms with E-state index in [1.54, 1.807) is 25.3 Å². The number of hydrogen-bond acceptors (Lipinski definition) is 5.